The Hall–Kier alpha value is -1.29. The minimum Gasteiger partial charge on any atom is -0.502 e. The minimum atomic E-state index is 0.886. The van der Waals surface area contributed by atoms with E-state index in [2.05, 4.69) is 24.0 Å². The van der Waals surface area contributed by atoms with Crippen molar-refractivity contribution in [3.8, 4) is 5.75 Å². The largest absolute Gasteiger partial charge is 0.502 e. The fourth-order valence-electron chi connectivity index (χ4n) is 1.72. The zero-order valence-electron chi connectivity index (χ0n) is 9.69. The van der Waals surface area contributed by atoms with Gasteiger partial charge >= 0.3 is 0 Å². The molecule has 16 heavy (non-hydrogen) atoms. The Balaban J connectivity index is 2.40. The molecule has 4 heteroatoms. The number of ether oxygens (including phenoxy) is 2. The van der Waals surface area contributed by atoms with Gasteiger partial charge in [-0.3, -0.25) is 0 Å². The molecule has 1 aliphatic rings. The lowest BCUT2D eigenvalue weighted by molar-refractivity contribution is 0.335. The highest BCUT2D eigenvalue weighted by molar-refractivity contribution is 8.03. The summed E-state index contributed by atoms with van der Waals surface area (Å²) in [6.07, 6.45) is 1.78. The van der Waals surface area contributed by atoms with Crippen LogP contribution in [0.25, 0.3) is 0 Å². The van der Waals surface area contributed by atoms with Gasteiger partial charge in [-0.2, -0.15) is 0 Å². The maximum absolute atomic E-state index is 5.24. The fraction of sp³-hybridized carbons (Fsp3) is 0.333. The molecule has 0 N–H and O–H groups in total. The Morgan fingerprint density at radius 2 is 2.19 bits per heavy atom. The topological polar surface area (TPSA) is 21.7 Å². The van der Waals surface area contributed by atoms with Crippen LogP contribution in [0.3, 0.4) is 0 Å². The zero-order chi connectivity index (χ0) is 11.5. The second-order valence-corrected chi connectivity index (χ2v) is 4.43. The third kappa shape index (κ3) is 1.85. The van der Waals surface area contributed by atoms with E-state index in [1.807, 2.05) is 6.07 Å². The second kappa shape index (κ2) is 4.70. The van der Waals surface area contributed by atoms with E-state index in [1.165, 1.54) is 10.6 Å². The van der Waals surface area contributed by atoms with Crippen LogP contribution in [-0.2, 0) is 4.74 Å². The van der Waals surface area contributed by atoms with Gasteiger partial charge in [0.2, 0.25) is 0 Å². The number of nitrogens with zero attached hydrogens (tertiary/aromatic N) is 1. The molecule has 1 aromatic carbocycles. The van der Waals surface area contributed by atoms with E-state index in [1.54, 1.807) is 32.2 Å². The Labute approximate surface area is 100 Å². The predicted octanol–water partition coefficient (Wildman–Crippen LogP) is 3.07. The molecule has 0 atom stereocenters. The van der Waals surface area contributed by atoms with Crippen LogP contribution in [0.5, 0.6) is 5.75 Å². The highest BCUT2D eigenvalue weighted by Gasteiger charge is 2.24. The third-order valence-electron chi connectivity index (χ3n) is 2.47. The number of fused-ring (bicyclic) bond motifs is 1. The molecular formula is C12H15NO2S. The van der Waals surface area contributed by atoms with Crippen LogP contribution in [0.15, 0.2) is 34.4 Å². The zero-order valence-corrected chi connectivity index (χ0v) is 10.5. The highest BCUT2D eigenvalue weighted by atomic mass is 32.2. The first-order valence-electron chi connectivity index (χ1n) is 5.16. The number of hydrogen-bond acceptors (Lipinski definition) is 4. The molecule has 0 amide bonds. The van der Waals surface area contributed by atoms with Crippen LogP contribution in [0.2, 0.25) is 0 Å². The lowest BCUT2D eigenvalue weighted by Gasteiger charge is -2.17. The normalized spacial score (nSPS) is 16.4. The lowest BCUT2D eigenvalue weighted by atomic mass is 10.2. The molecule has 0 fully saturated rings. The molecule has 1 heterocycles. The summed E-state index contributed by atoms with van der Waals surface area (Å²) in [5.74, 6) is 0.886. The van der Waals surface area contributed by atoms with Crippen molar-refractivity contribution in [2.45, 2.75) is 11.8 Å². The maximum atomic E-state index is 5.24. The number of benzene rings is 1. The van der Waals surface area contributed by atoms with Gasteiger partial charge in [-0.05, 0) is 19.1 Å². The van der Waals surface area contributed by atoms with Gasteiger partial charge in [0, 0.05) is 17.5 Å². The molecule has 0 bridgehead atoms. The van der Waals surface area contributed by atoms with Gasteiger partial charge in [0.15, 0.2) is 0 Å². The summed E-state index contributed by atoms with van der Waals surface area (Å²) in [6.45, 7) is 3.04. The van der Waals surface area contributed by atoms with Gasteiger partial charge < -0.3 is 14.4 Å². The number of hydrogen-bond donors (Lipinski definition) is 0. The van der Waals surface area contributed by atoms with Gasteiger partial charge in [-0.1, -0.05) is 11.8 Å². The van der Waals surface area contributed by atoms with E-state index >= 15 is 0 Å². The molecule has 0 saturated carbocycles. The van der Waals surface area contributed by atoms with E-state index in [9.17, 15) is 0 Å². The van der Waals surface area contributed by atoms with E-state index in [0.717, 1.165) is 17.3 Å². The summed E-state index contributed by atoms with van der Waals surface area (Å²) < 4.78 is 10.3. The summed E-state index contributed by atoms with van der Waals surface area (Å²) >= 11 is 1.72. The molecule has 0 aromatic heterocycles. The maximum Gasteiger partial charge on any atom is 0.121 e. The average molecular weight is 237 g/mol. The third-order valence-corrected chi connectivity index (χ3v) is 3.56. The smallest absolute Gasteiger partial charge is 0.121 e. The SMILES string of the molecule is CCN1/C(=C/OC)Sc2ccc(OC)cc21. The van der Waals surface area contributed by atoms with Crippen LogP contribution < -0.4 is 9.64 Å². The van der Waals surface area contributed by atoms with E-state index in [-0.39, 0.29) is 0 Å². The molecule has 3 nitrogen and oxygen atoms in total. The first kappa shape index (κ1) is 11.2. The van der Waals surface area contributed by atoms with Crippen molar-refractivity contribution in [3.63, 3.8) is 0 Å². The molecule has 86 valence electrons. The van der Waals surface area contributed by atoms with E-state index < -0.39 is 0 Å². The predicted molar refractivity (Wildman–Crippen MR) is 67.0 cm³/mol. The molecule has 0 unspecified atom stereocenters. The Kier molecular flexibility index (Phi) is 3.29. The van der Waals surface area contributed by atoms with Gasteiger partial charge in [0.1, 0.15) is 17.0 Å². The molecule has 2 rings (SSSR count). The van der Waals surface area contributed by atoms with Crippen LogP contribution in [0.1, 0.15) is 6.92 Å². The monoisotopic (exact) mass is 237 g/mol. The molecule has 1 aliphatic heterocycles. The van der Waals surface area contributed by atoms with Crippen molar-refractivity contribution in [3.05, 3.63) is 29.5 Å². The Bertz CT molecular complexity index is 417. The van der Waals surface area contributed by atoms with Gasteiger partial charge in [-0.25, -0.2) is 0 Å². The van der Waals surface area contributed by atoms with Crippen LogP contribution in [0.4, 0.5) is 5.69 Å². The molecule has 0 radical (unpaired) electrons. The van der Waals surface area contributed by atoms with Crippen molar-refractivity contribution < 1.29 is 9.47 Å². The number of rotatable bonds is 3. The van der Waals surface area contributed by atoms with Gasteiger partial charge in [0.05, 0.1) is 19.9 Å². The van der Waals surface area contributed by atoms with Crippen LogP contribution in [0, 0.1) is 0 Å². The molecule has 1 aromatic rings. The van der Waals surface area contributed by atoms with Gasteiger partial charge in [-0.15, -0.1) is 0 Å². The van der Waals surface area contributed by atoms with Crippen molar-refractivity contribution >= 4 is 17.4 Å². The second-order valence-electron chi connectivity index (χ2n) is 3.37. The summed E-state index contributed by atoms with van der Waals surface area (Å²) in [5, 5.41) is 1.12. The highest BCUT2D eigenvalue weighted by Crippen LogP contribution is 2.46. The van der Waals surface area contributed by atoms with Crippen molar-refractivity contribution in [2.24, 2.45) is 0 Å². The first-order chi connectivity index (χ1) is 7.80. The van der Waals surface area contributed by atoms with Crippen molar-refractivity contribution in [2.75, 3.05) is 25.7 Å². The first-order valence-corrected chi connectivity index (χ1v) is 5.98. The summed E-state index contributed by atoms with van der Waals surface area (Å²) in [7, 11) is 3.36. The average Bonchev–Trinajstić information content (AvgIpc) is 2.65. The van der Waals surface area contributed by atoms with E-state index in [4.69, 9.17) is 9.47 Å². The summed E-state index contributed by atoms with van der Waals surface area (Å²) in [5.41, 5.74) is 1.19. The number of thioether (sulfide) groups is 1. The van der Waals surface area contributed by atoms with Crippen LogP contribution in [-0.4, -0.2) is 20.8 Å². The van der Waals surface area contributed by atoms with Crippen molar-refractivity contribution in [1.82, 2.24) is 0 Å². The minimum absolute atomic E-state index is 0.886. The standard InChI is InChI=1S/C12H15NO2S/c1-4-13-10-7-9(15-3)5-6-11(10)16-12(13)8-14-2/h5-8H,4H2,1-3H3/b12-8-. The van der Waals surface area contributed by atoms with Crippen molar-refractivity contribution in [1.29, 1.82) is 0 Å². The Morgan fingerprint density at radius 3 is 2.81 bits per heavy atom. The quantitative estimate of drug-likeness (QED) is 0.753. The number of anilines is 1. The van der Waals surface area contributed by atoms with Crippen LogP contribution >= 0.6 is 11.8 Å². The number of methoxy groups -OCH3 is 2. The fourth-order valence-corrected chi connectivity index (χ4v) is 2.84. The molecule has 0 saturated heterocycles. The van der Waals surface area contributed by atoms with Gasteiger partial charge in [0.25, 0.3) is 0 Å². The summed E-state index contributed by atoms with van der Waals surface area (Å²) in [4.78, 5) is 3.46. The summed E-state index contributed by atoms with van der Waals surface area (Å²) in [6, 6.07) is 6.12. The Morgan fingerprint density at radius 1 is 1.38 bits per heavy atom. The molecule has 0 spiro atoms. The molecular weight excluding hydrogens is 222 g/mol. The lowest BCUT2D eigenvalue weighted by Crippen LogP contribution is -2.16. The molecule has 0 aliphatic carbocycles. The van der Waals surface area contributed by atoms with E-state index in [0.29, 0.717) is 0 Å².